The van der Waals surface area contributed by atoms with Crippen molar-refractivity contribution >= 4 is 34.7 Å². The van der Waals surface area contributed by atoms with Gasteiger partial charge in [0.1, 0.15) is 17.2 Å². The van der Waals surface area contributed by atoms with Gasteiger partial charge in [0.25, 0.3) is 0 Å². The number of ether oxygens (including phenoxy) is 3. The number of allylic oxidation sites excluding steroid dienone is 1. The molecule has 0 aliphatic carbocycles. The predicted molar refractivity (Wildman–Crippen MR) is 134 cm³/mol. The summed E-state index contributed by atoms with van der Waals surface area (Å²) >= 11 is 0. The van der Waals surface area contributed by atoms with Crippen LogP contribution in [0.2, 0.25) is 0 Å². The molecular formula is C29H21NO7. The summed E-state index contributed by atoms with van der Waals surface area (Å²) in [5.41, 5.74) is 3.41. The zero-order valence-corrected chi connectivity index (χ0v) is 19.8. The molecule has 184 valence electrons. The number of para-hydroxylation sites is 2. The van der Waals surface area contributed by atoms with Crippen molar-refractivity contribution in [2.45, 2.75) is 12.3 Å². The Morgan fingerprint density at radius 1 is 1.08 bits per heavy atom. The molecule has 6 rings (SSSR count). The molecule has 3 heterocycles. The molecular weight excluding hydrogens is 474 g/mol. The van der Waals surface area contributed by atoms with Gasteiger partial charge in [-0.3, -0.25) is 9.59 Å². The van der Waals surface area contributed by atoms with E-state index < -0.39 is 24.5 Å². The van der Waals surface area contributed by atoms with Gasteiger partial charge < -0.3 is 23.9 Å². The summed E-state index contributed by atoms with van der Waals surface area (Å²) in [6.45, 7) is -0.527. The summed E-state index contributed by atoms with van der Waals surface area (Å²) in [4.78, 5) is 37.0. The van der Waals surface area contributed by atoms with E-state index in [1.807, 2.05) is 42.1 Å². The first-order valence-electron chi connectivity index (χ1n) is 11.7. The molecule has 4 aromatic rings. The third-order valence-electron chi connectivity index (χ3n) is 6.64. The Balaban J connectivity index is 1.45. The lowest BCUT2D eigenvalue weighted by Crippen LogP contribution is -2.22. The van der Waals surface area contributed by atoms with Crippen LogP contribution in [0.25, 0.3) is 17.0 Å². The minimum Gasteiger partial charge on any atom is -0.482 e. The number of carbonyl (C=O) groups excluding carboxylic acids is 2. The molecule has 0 bridgehead atoms. The molecule has 1 aromatic heterocycles. The Hall–Kier alpha value is -4.85. The number of ketones is 1. The molecule has 0 saturated carbocycles. The van der Waals surface area contributed by atoms with E-state index in [4.69, 9.17) is 19.3 Å². The number of benzene rings is 3. The fourth-order valence-electron chi connectivity index (χ4n) is 5.04. The van der Waals surface area contributed by atoms with Crippen molar-refractivity contribution in [2.75, 3.05) is 6.61 Å². The van der Waals surface area contributed by atoms with Crippen molar-refractivity contribution in [3.05, 3.63) is 94.9 Å². The van der Waals surface area contributed by atoms with Crippen molar-refractivity contribution in [2.24, 2.45) is 7.05 Å². The van der Waals surface area contributed by atoms with Crippen LogP contribution >= 0.6 is 0 Å². The van der Waals surface area contributed by atoms with Gasteiger partial charge in [0.2, 0.25) is 5.78 Å². The average Bonchev–Trinajstić information content (AvgIpc) is 3.38. The van der Waals surface area contributed by atoms with E-state index in [2.05, 4.69) is 0 Å². The van der Waals surface area contributed by atoms with Crippen molar-refractivity contribution in [3.63, 3.8) is 0 Å². The number of rotatable bonds is 5. The smallest absolute Gasteiger partial charge is 0.341 e. The first kappa shape index (κ1) is 22.6. The zero-order valence-electron chi connectivity index (χ0n) is 19.8. The minimum atomic E-state index is -1.11. The van der Waals surface area contributed by atoms with Gasteiger partial charge >= 0.3 is 11.9 Å². The molecule has 0 radical (unpaired) electrons. The molecule has 0 saturated heterocycles. The second-order valence-electron chi connectivity index (χ2n) is 8.96. The van der Waals surface area contributed by atoms with Gasteiger partial charge in [0.15, 0.2) is 12.4 Å². The molecule has 1 atom stereocenters. The zero-order chi connectivity index (χ0) is 25.7. The standard InChI is InChI=1S/C29H21NO7/c1-30-14-16(17-6-2-4-8-21(17)30)12-24-28(34)19-10-11-23-27(29(19)37-24)20(13-26(33)36-23)18-7-3-5-9-22(18)35-15-25(31)32/h2-12,14,20H,13,15H2,1H3,(H,31,32)/b24-12-/t20-/m1/s1. The van der Waals surface area contributed by atoms with Crippen molar-refractivity contribution < 1.29 is 33.7 Å². The number of carbonyl (C=O) groups is 3. The molecule has 2 aliphatic rings. The van der Waals surface area contributed by atoms with E-state index in [9.17, 15) is 14.4 Å². The fraction of sp³-hybridized carbons (Fsp3) is 0.138. The van der Waals surface area contributed by atoms with E-state index in [-0.39, 0.29) is 18.0 Å². The number of nitrogens with zero attached hydrogens (tertiary/aromatic N) is 1. The van der Waals surface area contributed by atoms with Crippen LogP contribution in [0.4, 0.5) is 0 Å². The van der Waals surface area contributed by atoms with Crippen molar-refractivity contribution in [1.82, 2.24) is 4.57 Å². The lowest BCUT2D eigenvalue weighted by Gasteiger charge is -2.27. The molecule has 8 nitrogen and oxygen atoms in total. The summed E-state index contributed by atoms with van der Waals surface area (Å²) in [5, 5.41) is 10.1. The van der Waals surface area contributed by atoms with Crippen LogP contribution in [0, 0.1) is 0 Å². The monoisotopic (exact) mass is 495 g/mol. The number of fused-ring (bicyclic) bond motifs is 4. The number of aromatic nitrogens is 1. The Labute approximate surface area is 211 Å². The minimum absolute atomic E-state index is 0.0170. The number of hydrogen-bond donors (Lipinski definition) is 1. The highest BCUT2D eigenvalue weighted by Crippen LogP contribution is 2.50. The molecule has 0 fully saturated rings. The molecule has 8 heteroatoms. The number of aliphatic carboxylic acids is 1. The van der Waals surface area contributed by atoms with Gasteiger partial charge in [-0.15, -0.1) is 0 Å². The highest BCUT2D eigenvalue weighted by atomic mass is 16.5. The third kappa shape index (κ3) is 3.83. The van der Waals surface area contributed by atoms with Crippen LogP contribution in [-0.2, 0) is 16.6 Å². The number of esters is 1. The maximum atomic E-state index is 13.4. The molecule has 0 amide bonds. The quantitative estimate of drug-likeness (QED) is 0.243. The van der Waals surface area contributed by atoms with Crippen LogP contribution in [-0.4, -0.2) is 34.0 Å². The van der Waals surface area contributed by atoms with Gasteiger partial charge in [0.05, 0.1) is 12.0 Å². The second-order valence-corrected chi connectivity index (χ2v) is 8.96. The summed E-state index contributed by atoms with van der Waals surface area (Å²) in [7, 11) is 1.94. The Morgan fingerprint density at radius 2 is 1.86 bits per heavy atom. The highest BCUT2D eigenvalue weighted by molar-refractivity contribution is 6.15. The maximum absolute atomic E-state index is 13.4. The topological polar surface area (TPSA) is 104 Å². The van der Waals surface area contributed by atoms with Crippen LogP contribution < -0.4 is 14.2 Å². The fourth-order valence-corrected chi connectivity index (χ4v) is 5.04. The predicted octanol–water partition coefficient (Wildman–Crippen LogP) is 4.70. The lowest BCUT2D eigenvalue weighted by atomic mass is 9.84. The molecule has 0 unspecified atom stereocenters. The lowest BCUT2D eigenvalue weighted by molar-refractivity contribution is -0.139. The third-order valence-corrected chi connectivity index (χ3v) is 6.64. The van der Waals surface area contributed by atoms with E-state index in [0.29, 0.717) is 33.9 Å². The van der Waals surface area contributed by atoms with E-state index in [1.54, 1.807) is 42.5 Å². The van der Waals surface area contributed by atoms with Crippen LogP contribution in [0.15, 0.2) is 72.6 Å². The summed E-state index contributed by atoms with van der Waals surface area (Å²) < 4.78 is 19.2. The van der Waals surface area contributed by atoms with Gasteiger partial charge in [-0.2, -0.15) is 0 Å². The number of aryl methyl sites for hydroxylation is 1. The molecule has 0 spiro atoms. The normalized spacial score (nSPS) is 17.3. The highest BCUT2D eigenvalue weighted by Gasteiger charge is 2.39. The van der Waals surface area contributed by atoms with Crippen LogP contribution in [0.1, 0.15) is 39.4 Å². The Kier molecular flexibility index (Phi) is 5.30. The number of carboxylic acid groups (broad SMARTS) is 1. The first-order valence-corrected chi connectivity index (χ1v) is 11.7. The van der Waals surface area contributed by atoms with E-state index in [1.165, 1.54) is 0 Å². The molecule has 2 aliphatic heterocycles. The van der Waals surface area contributed by atoms with Gasteiger partial charge in [-0.1, -0.05) is 36.4 Å². The average molecular weight is 495 g/mol. The SMILES string of the molecule is Cn1cc(/C=C2\Oc3c(ccc4c3[C@@H](c3ccccc3OCC(=O)O)CC(=O)O4)C2=O)c2ccccc21. The summed E-state index contributed by atoms with van der Waals surface area (Å²) in [6, 6.07) is 18.0. The van der Waals surface area contributed by atoms with Gasteiger partial charge in [0, 0.05) is 46.8 Å². The largest absolute Gasteiger partial charge is 0.482 e. The van der Waals surface area contributed by atoms with Crippen molar-refractivity contribution in [1.29, 1.82) is 0 Å². The van der Waals surface area contributed by atoms with Gasteiger partial charge in [-0.05, 0) is 30.3 Å². The summed E-state index contributed by atoms with van der Waals surface area (Å²) in [6.07, 6.45) is 3.65. The van der Waals surface area contributed by atoms with Gasteiger partial charge in [-0.25, -0.2) is 4.79 Å². The molecule has 3 aromatic carbocycles. The number of Topliss-reactive ketones (excluding diaryl/α,β-unsaturated/α-hetero) is 1. The Morgan fingerprint density at radius 3 is 2.70 bits per heavy atom. The van der Waals surface area contributed by atoms with Crippen molar-refractivity contribution in [3.8, 4) is 17.2 Å². The number of hydrogen-bond acceptors (Lipinski definition) is 6. The first-order chi connectivity index (χ1) is 17.9. The second kappa shape index (κ2) is 8.67. The van der Waals surface area contributed by atoms with Crippen LogP contribution in [0.3, 0.4) is 0 Å². The van der Waals surface area contributed by atoms with E-state index >= 15 is 0 Å². The Bertz CT molecular complexity index is 1650. The summed E-state index contributed by atoms with van der Waals surface area (Å²) in [5.74, 6) is -1.24. The van der Waals surface area contributed by atoms with Crippen LogP contribution in [0.5, 0.6) is 17.2 Å². The molecule has 1 N–H and O–H groups in total. The van der Waals surface area contributed by atoms with E-state index in [0.717, 1.165) is 16.5 Å². The number of carboxylic acids is 1. The maximum Gasteiger partial charge on any atom is 0.341 e. The molecule has 37 heavy (non-hydrogen) atoms.